The van der Waals surface area contributed by atoms with Crippen molar-refractivity contribution in [1.82, 2.24) is 19.7 Å². The molecule has 1 aliphatic rings. The van der Waals surface area contributed by atoms with Crippen molar-refractivity contribution < 1.29 is 19.1 Å². The Hall–Kier alpha value is -3.99. The lowest BCUT2D eigenvalue weighted by Crippen LogP contribution is -2.34. The fourth-order valence-electron chi connectivity index (χ4n) is 4.70. The summed E-state index contributed by atoms with van der Waals surface area (Å²) in [5.41, 5.74) is 2.61. The van der Waals surface area contributed by atoms with Crippen molar-refractivity contribution in [3.05, 3.63) is 65.4 Å². The van der Waals surface area contributed by atoms with Gasteiger partial charge in [0.15, 0.2) is 6.61 Å². The maximum atomic E-state index is 13.9. The number of carbonyl (C=O) groups excluding carboxylic acids is 2. The number of anilines is 2. The van der Waals surface area contributed by atoms with Gasteiger partial charge in [-0.1, -0.05) is 49.4 Å². The van der Waals surface area contributed by atoms with Crippen LogP contribution in [0, 0.1) is 0 Å². The van der Waals surface area contributed by atoms with Crippen LogP contribution in [0.15, 0.2) is 65.0 Å². The third kappa shape index (κ3) is 7.25. The number of ether oxygens (including phenoxy) is 2. The Morgan fingerprint density at radius 1 is 1.05 bits per heavy atom. The number of nitrogens with one attached hydrogen (secondary N) is 2. The second-order valence-electron chi connectivity index (χ2n) is 9.74. The molecule has 2 N–H and O–H groups in total. The first-order valence-corrected chi connectivity index (χ1v) is 15.5. The van der Waals surface area contributed by atoms with Crippen LogP contribution in [0.1, 0.15) is 59.1 Å². The quantitative estimate of drug-likeness (QED) is 0.180. The highest BCUT2D eigenvalue weighted by Crippen LogP contribution is 2.38. The van der Waals surface area contributed by atoms with E-state index in [4.69, 9.17) is 19.6 Å². The number of hydrogen-bond acceptors (Lipinski definition) is 8. The van der Waals surface area contributed by atoms with E-state index in [0.29, 0.717) is 59.3 Å². The summed E-state index contributed by atoms with van der Waals surface area (Å²) in [4.78, 5) is 32.8. The molecule has 3 aromatic rings. The topological polar surface area (TPSA) is 111 Å². The molecule has 2 heterocycles. The number of amides is 2. The molecule has 11 heteroatoms. The van der Waals surface area contributed by atoms with Gasteiger partial charge in [0.2, 0.25) is 11.1 Å². The number of allylic oxidation sites excluding steroid dienone is 1. The third-order valence-corrected chi connectivity index (χ3v) is 7.84. The predicted molar refractivity (Wildman–Crippen MR) is 166 cm³/mol. The zero-order chi connectivity index (χ0) is 30.1. The molecule has 2 amide bonds. The number of benzene rings is 2. The lowest BCUT2D eigenvalue weighted by atomic mass is 9.95. The largest absolute Gasteiger partial charge is 0.492 e. The fourth-order valence-corrected chi connectivity index (χ4v) is 5.61. The Labute approximate surface area is 251 Å². The van der Waals surface area contributed by atoms with E-state index < -0.39 is 6.04 Å². The van der Waals surface area contributed by atoms with Crippen LogP contribution >= 0.6 is 11.8 Å². The van der Waals surface area contributed by atoms with E-state index in [0.717, 1.165) is 24.2 Å². The molecule has 0 aliphatic carbocycles. The molecule has 42 heavy (non-hydrogen) atoms. The Bertz CT molecular complexity index is 1400. The smallest absolute Gasteiger partial charge is 0.260 e. The van der Waals surface area contributed by atoms with E-state index in [9.17, 15) is 9.59 Å². The normalized spacial score (nSPS) is 14.2. The summed E-state index contributed by atoms with van der Waals surface area (Å²) >= 11 is 1.60. The predicted octanol–water partition coefficient (Wildman–Crippen LogP) is 5.74. The van der Waals surface area contributed by atoms with Crippen molar-refractivity contribution in [1.29, 1.82) is 0 Å². The van der Waals surface area contributed by atoms with Gasteiger partial charge in [-0.15, -0.1) is 5.10 Å². The van der Waals surface area contributed by atoms with Crippen molar-refractivity contribution >= 4 is 35.2 Å². The summed E-state index contributed by atoms with van der Waals surface area (Å²) in [5.74, 6) is 2.32. The first-order chi connectivity index (χ1) is 20.4. The van der Waals surface area contributed by atoms with Gasteiger partial charge in [0.25, 0.3) is 11.8 Å². The van der Waals surface area contributed by atoms with Crippen molar-refractivity contribution in [2.75, 3.05) is 42.7 Å². The molecule has 224 valence electrons. The number of carbonyl (C=O) groups is 2. The van der Waals surface area contributed by atoms with E-state index >= 15 is 0 Å². The van der Waals surface area contributed by atoms with E-state index in [2.05, 4.69) is 17.6 Å². The Morgan fingerprint density at radius 2 is 1.79 bits per heavy atom. The monoisotopic (exact) mass is 592 g/mol. The van der Waals surface area contributed by atoms with Crippen molar-refractivity contribution in [2.24, 2.45) is 0 Å². The average molecular weight is 593 g/mol. The van der Waals surface area contributed by atoms with Gasteiger partial charge in [-0.25, -0.2) is 4.68 Å². The van der Waals surface area contributed by atoms with Gasteiger partial charge < -0.3 is 25.0 Å². The summed E-state index contributed by atoms with van der Waals surface area (Å²) in [5, 5.41) is 11.8. The van der Waals surface area contributed by atoms with Crippen LogP contribution in [0.5, 0.6) is 11.5 Å². The molecule has 1 aromatic heterocycles. The van der Waals surface area contributed by atoms with Gasteiger partial charge in [0, 0.05) is 24.5 Å². The maximum Gasteiger partial charge on any atom is 0.260 e. The van der Waals surface area contributed by atoms with Crippen LogP contribution in [-0.4, -0.2) is 63.5 Å². The maximum absolute atomic E-state index is 13.9. The highest BCUT2D eigenvalue weighted by Gasteiger charge is 2.34. The summed E-state index contributed by atoms with van der Waals surface area (Å²) in [6, 6.07) is 14.3. The van der Waals surface area contributed by atoms with Crippen molar-refractivity contribution in [3.63, 3.8) is 0 Å². The van der Waals surface area contributed by atoms with Gasteiger partial charge >= 0.3 is 0 Å². The zero-order valence-corrected chi connectivity index (χ0v) is 25.8. The van der Waals surface area contributed by atoms with E-state index in [-0.39, 0.29) is 18.4 Å². The third-order valence-electron chi connectivity index (χ3n) is 6.92. The fraction of sp³-hybridized carbons (Fsp3) is 0.419. The molecule has 0 fully saturated rings. The Balaban J connectivity index is 1.65. The summed E-state index contributed by atoms with van der Waals surface area (Å²) < 4.78 is 13.3. The first-order valence-electron chi connectivity index (χ1n) is 14.5. The Kier molecular flexibility index (Phi) is 10.9. The first kappa shape index (κ1) is 31.0. The number of unbranched alkanes of at least 4 members (excludes halogenated alkanes) is 1. The number of para-hydroxylation sites is 2. The van der Waals surface area contributed by atoms with Crippen LogP contribution in [0.25, 0.3) is 0 Å². The summed E-state index contributed by atoms with van der Waals surface area (Å²) in [6.07, 6.45) is 2.15. The van der Waals surface area contributed by atoms with Crippen molar-refractivity contribution in [3.8, 4) is 11.5 Å². The number of fused-ring (bicyclic) bond motifs is 1. The van der Waals surface area contributed by atoms with Crippen LogP contribution in [-0.2, 0) is 9.59 Å². The zero-order valence-electron chi connectivity index (χ0n) is 25.0. The SMILES string of the molecule is CCCCSc1nc2n(n1)C(c1ccc(OCC(=O)N(CC)CC)cc1)C(C(=O)Nc1ccccc1OCC)=C(C)N2. The molecule has 2 aromatic carbocycles. The Morgan fingerprint density at radius 3 is 2.48 bits per heavy atom. The molecule has 1 atom stereocenters. The van der Waals surface area contributed by atoms with Crippen LogP contribution < -0.4 is 20.1 Å². The lowest BCUT2D eigenvalue weighted by Gasteiger charge is -2.29. The van der Waals surface area contributed by atoms with Crippen LogP contribution in [0.3, 0.4) is 0 Å². The molecule has 4 rings (SSSR count). The molecule has 0 spiro atoms. The highest BCUT2D eigenvalue weighted by atomic mass is 32.2. The number of thioether (sulfide) groups is 1. The second kappa shape index (κ2) is 14.8. The van der Waals surface area contributed by atoms with Gasteiger partial charge in [0.1, 0.15) is 17.5 Å². The minimum atomic E-state index is -0.542. The van der Waals surface area contributed by atoms with Gasteiger partial charge in [0.05, 0.1) is 17.9 Å². The molecule has 0 saturated heterocycles. The molecular weight excluding hydrogens is 552 g/mol. The van der Waals surface area contributed by atoms with E-state index in [1.807, 2.05) is 76.2 Å². The van der Waals surface area contributed by atoms with Gasteiger partial charge in [-0.3, -0.25) is 9.59 Å². The molecule has 0 bridgehead atoms. The molecule has 1 aliphatic heterocycles. The van der Waals surface area contributed by atoms with Gasteiger partial charge in [-0.2, -0.15) is 4.98 Å². The minimum absolute atomic E-state index is 0.0359. The number of likely N-dealkylation sites (N-methyl/N-ethyl adjacent to an activating group) is 1. The van der Waals surface area contributed by atoms with E-state index in [1.54, 1.807) is 21.3 Å². The number of rotatable bonds is 14. The summed E-state index contributed by atoms with van der Waals surface area (Å²) in [7, 11) is 0. The van der Waals surface area contributed by atoms with E-state index in [1.165, 1.54) is 0 Å². The molecule has 0 saturated carbocycles. The standard InChI is InChI=1S/C31H40N6O4S/c1-6-10-19-42-31-34-30-32-21(5)27(29(39)33-24-13-11-12-14-25(24)40-9-4)28(37(30)35-31)22-15-17-23(18-16-22)41-20-26(38)36(7-2)8-3/h11-18,28H,6-10,19-20H2,1-5H3,(H,33,39)(H,32,34,35). The molecule has 0 radical (unpaired) electrons. The number of aromatic nitrogens is 3. The number of hydrogen-bond donors (Lipinski definition) is 2. The second-order valence-corrected chi connectivity index (χ2v) is 10.8. The summed E-state index contributed by atoms with van der Waals surface area (Å²) in [6.45, 7) is 11.5. The lowest BCUT2D eigenvalue weighted by molar-refractivity contribution is -0.133. The molecule has 10 nitrogen and oxygen atoms in total. The molecular formula is C31H40N6O4S. The highest BCUT2D eigenvalue weighted by molar-refractivity contribution is 7.99. The average Bonchev–Trinajstić information content (AvgIpc) is 3.39. The van der Waals surface area contributed by atoms with Gasteiger partial charge in [-0.05, 0) is 63.9 Å². The van der Waals surface area contributed by atoms with Crippen molar-refractivity contribution in [2.45, 2.75) is 58.7 Å². The molecule has 1 unspecified atom stereocenters. The van der Waals surface area contributed by atoms with Crippen LogP contribution in [0.4, 0.5) is 11.6 Å². The van der Waals surface area contributed by atoms with Crippen LogP contribution in [0.2, 0.25) is 0 Å². The number of nitrogens with zero attached hydrogens (tertiary/aromatic N) is 4. The minimum Gasteiger partial charge on any atom is -0.492 e.